The van der Waals surface area contributed by atoms with Crippen molar-refractivity contribution in [1.82, 2.24) is 8.87 Å². The normalized spacial score (nSPS) is 11.5. The highest BCUT2D eigenvalue weighted by Gasteiger charge is 2.24. The summed E-state index contributed by atoms with van der Waals surface area (Å²) < 4.78 is 26.2. The SMILES string of the molecule is Cc1ccc(S(=O)(=O)n2ccc(C(=O)N(CC(=O)O)C(C)C)c2)cc1. The second-order valence-electron chi connectivity index (χ2n) is 5.97. The molecule has 0 aliphatic heterocycles. The molecule has 1 N–H and O–H groups in total. The number of aliphatic carboxylic acids is 1. The summed E-state index contributed by atoms with van der Waals surface area (Å²) in [7, 11) is -3.81. The lowest BCUT2D eigenvalue weighted by molar-refractivity contribution is -0.138. The van der Waals surface area contributed by atoms with Crippen LogP contribution in [0.15, 0.2) is 47.6 Å². The number of carboxylic acid groups (broad SMARTS) is 1. The maximum Gasteiger partial charge on any atom is 0.323 e. The molecule has 1 amide bonds. The molecule has 1 aromatic carbocycles. The molecule has 2 rings (SSSR count). The highest BCUT2D eigenvalue weighted by Crippen LogP contribution is 2.17. The Kier molecular flexibility index (Phi) is 5.32. The van der Waals surface area contributed by atoms with Crippen LogP contribution in [0.4, 0.5) is 0 Å². The van der Waals surface area contributed by atoms with Crippen molar-refractivity contribution in [2.45, 2.75) is 31.7 Å². The summed E-state index contributed by atoms with van der Waals surface area (Å²) in [4.78, 5) is 24.7. The van der Waals surface area contributed by atoms with Crippen molar-refractivity contribution in [3.8, 4) is 0 Å². The third kappa shape index (κ3) is 4.08. The van der Waals surface area contributed by atoms with Crippen molar-refractivity contribution in [2.75, 3.05) is 6.54 Å². The van der Waals surface area contributed by atoms with Crippen LogP contribution >= 0.6 is 0 Å². The van der Waals surface area contributed by atoms with E-state index in [0.29, 0.717) is 0 Å². The number of benzene rings is 1. The van der Waals surface area contributed by atoms with E-state index >= 15 is 0 Å². The zero-order valence-corrected chi connectivity index (χ0v) is 15.0. The molecule has 0 aliphatic carbocycles. The average Bonchev–Trinajstić information content (AvgIpc) is 3.02. The third-order valence-corrected chi connectivity index (χ3v) is 5.35. The Morgan fingerprint density at radius 2 is 1.76 bits per heavy atom. The quantitative estimate of drug-likeness (QED) is 0.845. The Morgan fingerprint density at radius 1 is 1.16 bits per heavy atom. The van der Waals surface area contributed by atoms with Gasteiger partial charge in [-0.05, 0) is 39.0 Å². The second-order valence-corrected chi connectivity index (χ2v) is 7.81. The molecular formula is C17H20N2O5S. The summed E-state index contributed by atoms with van der Waals surface area (Å²) in [5.41, 5.74) is 1.05. The summed E-state index contributed by atoms with van der Waals surface area (Å²) in [5, 5.41) is 8.94. The van der Waals surface area contributed by atoms with Gasteiger partial charge in [-0.15, -0.1) is 0 Å². The highest BCUT2D eigenvalue weighted by molar-refractivity contribution is 7.90. The van der Waals surface area contributed by atoms with E-state index in [-0.39, 0.29) is 16.5 Å². The topological polar surface area (TPSA) is 96.7 Å². The van der Waals surface area contributed by atoms with Gasteiger partial charge in [0, 0.05) is 18.4 Å². The lowest BCUT2D eigenvalue weighted by Crippen LogP contribution is -2.40. The zero-order chi connectivity index (χ0) is 18.8. The Balaban J connectivity index is 2.33. The molecule has 25 heavy (non-hydrogen) atoms. The summed E-state index contributed by atoms with van der Waals surface area (Å²) in [6, 6.07) is 7.41. The number of nitrogens with zero attached hydrogens (tertiary/aromatic N) is 2. The van der Waals surface area contributed by atoms with Gasteiger partial charge in [-0.2, -0.15) is 0 Å². The number of hydrogen-bond donors (Lipinski definition) is 1. The molecule has 0 radical (unpaired) electrons. The summed E-state index contributed by atoms with van der Waals surface area (Å²) in [6.45, 7) is 4.79. The summed E-state index contributed by atoms with van der Waals surface area (Å²) in [6.07, 6.45) is 2.48. The molecule has 0 fully saturated rings. The predicted molar refractivity (Wildman–Crippen MR) is 92.0 cm³/mol. The number of aryl methyl sites for hydroxylation is 1. The van der Waals surface area contributed by atoms with Crippen LogP contribution in [0, 0.1) is 6.92 Å². The van der Waals surface area contributed by atoms with E-state index in [1.165, 1.54) is 35.5 Å². The fourth-order valence-corrected chi connectivity index (χ4v) is 3.48. The molecule has 1 heterocycles. The molecule has 8 heteroatoms. The smallest absolute Gasteiger partial charge is 0.323 e. The first-order valence-electron chi connectivity index (χ1n) is 7.66. The monoisotopic (exact) mass is 364 g/mol. The van der Waals surface area contributed by atoms with Crippen molar-refractivity contribution >= 4 is 21.9 Å². The van der Waals surface area contributed by atoms with Crippen LogP contribution in [0.5, 0.6) is 0 Å². The molecule has 0 unspecified atom stereocenters. The standard InChI is InChI=1S/C17H20N2O5S/c1-12(2)19(11-16(20)21)17(22)14-8-9-18(10-14)25(23,24)15-6-4-13(3)5-7-15/h4-10,12H,11H2,1-3H3,(H,20,21). The van der Waals surface area contributed by atoms with Gasteiger partial charge in [0.2, 0.25) is 0 Å². The van der Waals surface area contributed by atoms with Gasteiger partial charge in [-0.1, -0.05) is 17.7 Å². The number of carboxylic acids is 1. The first kappa shape index (κ1) is 18.7. The van der Waals surface area contributed by atoms with E-state index in [2.05, 4.69) is 0 Å². The second kappa shape index (κ2) is 7.10. The molecule has 0 saturated carbocycles. The molecule has 0 spiro atoms. The van der Waals surface area contributed by atoms with E-state index in [1.54, 1.807) is 26.0 Å². The number of hydrogen-bond acceptors (Lipinski definition) is 4. The molecule has 0 aliphatic rings. The summed E-state index contributed by atoms with van der Waals surface area (Å²) >= 11 is 0. The molecule has 7 nitrogen and oxygen atoms in total. The molecule has 0 saturated heterocycles. The van der Waals surface area contributed by atoms with Gasteiger partial charge in [-0.3, -0.25) is 9.59 Å². The molecule has 0 bridgehead atoms. The minimum atomic E-state index is -3.81. The van der Waals surface area contributed by atoms with Crippen LogP contribution in [0.2, 0.25) is 0 Å². The molecule has 134 valence electrons. The zero-order valence-electron chi connectivity index (χ0n) is 14.2. The molecule has 1 aromatic heterocycles. The Hall–Kier alpha value is -2.61. The van der Waals surface area contributed by atoms with Gasteiger partial charge in [0.15, 0.2) is 0 Å². The van der Waals surface area contributed by atoms with E-state index < -0.39 is 28.4 Å². The Bertz CT molecular complexity index is 882. The van der Waals surface area contributed by atoms with Crippen molar-refractivity contribution in [3.63, 3.8) is 0 Å². The largest absolute Gasteiger partial charge is 0.480 e. The van der Waals surface area contributed by atoms with Gasteiger partial charge < -0.3 is 10.0 Å². The Labute approximate surface area is 146 Å². The van der Waals surface area contributed by atoms with Crippen molar-refractivity contribution in [3.05, 3.63) is 53.9 Å². The van der Waals surface area contributed by atoms with Crippen LogP contribution in [0.3, 0.4) is 0 Å². The van der Waals surface area contributed by atoms with Gasteiger partial charge in [0.25, 0.3) is 15.9 Å². The maximum absolute atomic E-state index is 12.6. The number of carbonyl (C=O) groups is 2. The first-order valence-corrected chi connectivity index (χ1v) is 9.10. The third-order valence-electron chi connectivity index (χ3n) is 3.70. The van der Waals surface area contributed by atoms with E-state index in [9.17, 15) is 18.0 Å². The van der Waals surface area contributed by atoms with Gasteiger partial charge in [0.05, 0.1) is 10.5 Å². The minimum absolute atomic E-state index is 0.110. The van der Waals surface area contributed by atoms with E-state index in [1.807, 2.05) is 6.92 Å². The number of rotatable bonds is 6. The fourth-order valence-electron chi connectivity index (χ4n) is 2.29. The number of aromatic nitrogens is 1. The van der Waals surface area contributed by atoms with E-state index in [4.69, 9.17) is 5.11 Å². The average molecular weight is 364 g/mol. The Morgan fingerprint density at radius 3 is 2.28 bits per heavy atom. The van der Waals surface area contributed by atoms with Gasteiger partial charge in [0.1, 0.15) is 6.54 Å². The van der Waals surface area contributed by atoms with Crippen LogP contribution in [-0.2, 0) is 14.8 Å². The van der Waals surface area contributed by atoms with Crippen molar-refractivity contribution in [2.24, 2.45) is 0 Å². The minimum Gasteiger partial charge on any atom is -0.480 e. The van der Waals surface area contributed by atoms with Crippen molar-refractivity contribution in [1.29, 1.82) is 0 Å². The van der Waals surface area contributed by atoms with Crippen LogP contribution < -0.4 is 0 Å². The van der Waals surface area contributed by atoms with Gasteiger partial charge >= 0.3 is 5.97 Å². The van der Waals surface area contributed by atoms with Crippen LogP contribution in [0.1, 0.15) is 29.8 Å². The van der Waals surface area contributed by atoms with Crippen LogP contribution in [0.25, 0.3) is 0 Å². The highest BCUT2D eigenvalue weighted by atomic mass is 32.2. The molecule has 2 aromatic rings. The van der Waals surface area contributed by atoms with Gasteiger partial charge in [-0.25, -0.2) is 12.4 Å². The first-order chi connectivity index (χ1) is 11.6. The lowest BCUT2D eigenvalue weighted by Gasteiger charge is -2.24. The van der Waals surface area contributed by atoms with Crippen LogP contribution in [-0.4, -0.2) is 46.9 Å². The number of carbonyl (C=O) groups excluding carboxylic acids is 1. The lowest BCUT2D eigenvalue weighted by atomic mass is 10.2. The predicted octanol–water partition coefficient (Wildman–Crippen LogP) is 1.97. The summed E-state index contributed by atoms with van der Waals surface area (Å²) in [5.74, 6) is -1.66. The fraction of sp³-hybridized carbons (Fsp3) is 0.294. The van der Waals surface area contributed by atoms with Crippen molar-refractivity contribution < 1.29 is 23.1 Å². The molecular weight excluding hydrogens is 344 g/mol. The molecule has 0 atom stereocenters. The number of amides is 1. The van der Waals surface area contributed by atoms with E-state index in [0.717, 1.165) is 9.54 Å². The maximum atomic E-state index is 12.6.